The highest BCUT2D eigenvalue weighted by Crippen LogP contribution is 2.23. The Labute approximate surface area is 119 Å². The van der Waals surface area contributed by atoms with Crippen molar-refractivity contribution in [3.63, 3.8) is 0 Å². The maximum atomic E-state index is 11.4. The minimum atomic E-state index is -0.479. The van der Waals surface area contributed by atoms with Gasteiger partial charge in [0, 0.05) is 23.2 Å². The fourth-order valence-corrected chi connectivity index (χ4v) is 1.88. The number of anilines is 1. The molecule has 1 amide bonds. The molecule has 6 heteroatoms. The number of nitrogens with one attached hydrogen (secondary N) is 1. The molecule has 0 saturated carbocycles. The molecule has 2 aromatic rings. The van der Waals surface area contributed by atoms with E-state index in [1.54, 1.807) is 24.7 Å². The van der Waals surface area contributed by atoms with Gasteiger partial charge < -0.3 is 4.74 Å². The molecule has 0 aliphatic rings. The van der Waals surface area contributed by atoms with E-state index in [1.807, 2.05) is 24.3 Å². The largest absolute Gasteiger partial charge is 0.450 e. The van der Waals surface area contributed by atoms with Gasteiger partial charge >= 0.3 is 6.09 Å². The van der Waals surface area contributed by atoms with Crippen LogP contribution >= 0.6 is 15.9 Å². The van der Waals surface area contributed by atoms with Gasteiger partial charge in [0.1, 0.15) is 5.82 Å². The van der Waals surface area contributed by atoms with Gasteiger partial charge in [-0.2, -0.15) is 5.10 Å². The maximum Gasteiger partial charge on any atom is 0.412 e. The molecule has 0 bridgehead atoms. The number of hydrogen-bond donors (Lipinski definition) is 1. The fraction of sp³-hybridized carbons (Fsp3) is 0.231. The Morgan fingerprint density at radius 1 is 1.42 bits per heavy atom. The first-order chi connectivity index (χ1) is 9.10. The van der Waals surface area contributed by atoms with E-state index in [0.29, 0.717) is 12.4 Å². The third-order valence-corrected chi connectivity index (χ3v) is 3.05. The predicted molar refractivity (Wildman–Crippen MR) is 77.0 cm³/mol. The molecule has 0 unspecified atom stereocenters. The Morgan fingerprint density at radius 2 is 2.11 bits per heavy atom. The number of ether oxygens (including phenoxy) is 1. The SMILES string of the molecule is CCOC(=O)Nc1cc(-c2ccc(Br)cc2)nn1C. The molecule has 1 aromatic heterocycles. The summed E-state index contributed by atoms with van der Waals surface area (Å²) in [5.41, 5.74) is 1.78. The van der Waals surface area contributed by atoms with Gasteiger partial charge in [0.25, 0.3) is 0 Å². The van der Waals surface area contributed by atoms with Crippen LogP contribution < -0.4 is 5.32 Å². The lowest BCUT2D eigenvalue weighted by Gasteiger charge is -2.03. The van der Waals surface area contributed by atoms with Gasteiger partial charge in [-0.15, -0.1) is 0 Å². The van der Waals surface area contributed by atoms with Gasteiger partial charge in [-0.1, -0.05) is 28.1 Å². The molecule has 1 heterocycles. The zero-order valence-corrected chi connectivity index (χ0v) is 12.3. The number of carbonyl (C=O) groups excluding carboxylic acids is 1. The van der Waals surface area contributed by atoms with Gasteiger partial charge in [0.05, 0.1) is 12.3 Å². The summed E-state index contributed by atoms with van der Waals surface area (Å²) in [7, 11) is 1.77. The molecule has 1 N–H and O–H groups in total. The molecule has 0 spiro atoms. The van der Waals surface area contributed by atoms with Crippen molar-refractivity contribution in [1.82, 2.24) is 9.78 Å². The molecular formula is C13H14BrN3O2. The van der Waals surface area contributed by atoms with E-state index in [4.69, 9.17) is 4.74 Å². The first kappa shape index (κ1) is 13.6. The second-order valence-corrected chi connectivity index (χ2v) is 4.81. The van der Waals surface area contributed by atoms with E-state index in [1.165, 1.54) is 0 Å². The number of nitrogens with zero attached hydrogens (tertiary/aromatic N) is 2. The number of carbonyl (C=O) groups is 1. The van der Waals surface area contributed by atoms with Crippen molar-refractivity contribution < 1.29 is 9.53 Å². The highest BCUT2D eigenvalue weighted by Gasteiger charge is 2.10. The number of halogens is 1. The Balaban J connectivity index is 2.21. The summed E-state index contributed by atoms with van der Waals surface area (Å²) in [6.07, 6.45) is -0.479. The summed E-state index contributed by atoms with van der Waals surface area (Å²) in [5, 5.41) is 7.00. The van der Waals surface area contributed by atoms with Crippen LogP contribution in [0.4, 0.5) is 10.6 Å². The second-order valence-electron chi connectivity index (χ2n) is 3.89. The van der Waals surface area contributed by atoms with Crippen LogP contribution in [0.15, 0.2) is 34.8 Å². The Kier molecular flexibility index (Phi) is 4.21. The zero-order valence-electron chi connectivity index (χ0n) is 10.7. The van der Waals surface area contributed by atoms with Crippen LogP contribution in [0, 0.1) is 0 Å². The molecule has 0 saturated heterocycles. The van der Waals surface area contributed by atoms with Crippen molar-refractivity contribution in [2.45, 2.75) is 6.92 Å². The van der Waals surface area contributed by atoms with E-state index in [9.17, 15) is 4.79 Å². The summed E-state index contributed by atoms with van der Waals surface area (Å²) < 4.78 is 7.45. The molecule has 100 valence electrons. The summed E-state index contributed by atoms with van der Waals surface area (Å²) in [5.74, 6) is 0.594. The Morgan fingerprint density at radius 3 is 2.74 bits per heavy atom. The highest BCUT2D eigenvalue weighted by atomic mass is 79.9. The lowest BCUT2D eigenvalue weighted by Crippen LogP contribution is -2.15. The van der Waals surface area contributed by atoms with Crippen molar-refractivity contribution in [2.24, 2.45) is 7.05 Å². The van der Waals surface area contributed by atoms with Gasteiger partial charge in [0.15, 0.2) is 0 Å². The smallest absolute Gasteiger partial charge is 0.412 e. The van der Waals surface area contributed by atoms with Crippen molar-refractivity contribution in [3.8, 4) is 11.3 Å². The van der Waals surface area contributed by atoms with Crippen LogP contribution in [0.5, 0.6) is 0 Å². The Bertz CT molecular complexity index is 578. The summed E-state index contributed by atoms with van der Waals surface area (Å²) >= 11 is 3.39. The minimum Gasteiger partial charge on any atom is -0.450 e. The normalized spacial score (nSPS) is 10.3. The van der Waals surface area contributed by atoms with E-state index in [-0.39, 0.29) is 0 Å². The lowest BCUT2D eigenvalue weighted by molar-refractivity contribution is 0.167. The molecule has 19 heavy (non-hydrogen) atoms. The maximum absolute atomic E-state index is 11.4. The number of amides is 1. The predicted octanol–water partition coefficient (Wildman–Crippen LogP) is 3.42. The molecule has 2 rings (SSSR count). The minimum absolute atomic E-state index is 0.337. The zero-order chi connectivity index (χ0) is 13.8. The number of rotatable bonds is 3. The molecule has 0 fully saturated rings. The average Bonchev–Trinajstić information content (AvgIpc) is 2.72. The summed E-state index contributed by atoms with van der Waals surface area (Å²) in [6, 6.07) is 9.62. The van der Waals surface area contributed by atoms with E-state index in [0.717, 1.165) is 15.7 Å². The van der Waals surface area contributed by atoms with E-state index < -0.39 is 6.09 Å². The van der Waals surface area contributed by atoms with Crippen molar-refractivity contribution in [1.29, 1.82) is 0 Å². The Hall–Kier alpha value is -1.82. The number of benzene rings is 1. The second kappa shape index (κ2) is 5.88. The van der Waals surface area contributed by atoms with Crippen molar-refractivity contribution in [3.05, 3.63) is 34.8 Å². The molecule has 0 atom stereocenters. The third-order valence-electron chi connectivity index (χ3n) is 2.53. The van der Waals surface area contributed by atoms with Gasteiger partial charge in [-0.25, -0.2) is 4.79 Å². The lowest BCUT2D eigenvalue weighted by atomic mass is 10.2. The number of aryl methyl sites for hydroxylation is 1. The third kappa shape index (κ3) is 3.35. The molecule has 0 radical (unpaired) electrons. The van der Waals surface area contributed by atoms with Crippen LogP contribution in [-0.4, -0.2) is 22.5 Å². The number of aromatic nitrogens is 2. The van der Waals surface area contributed by atoms with Gasteiger partial charge in [-0.3, -0.25) is 10.00 Å². The quantitative estimate of drug-likeness (QED) is 0.941. The summed E-state index contributed by atoms with van der Waals surface area (Å²) in [4.78, 5) is 11.4. The molecule has 1 aromatic carbocycles. The monoisotopic (exact) mass is 323 g/mol. The van der Waals surface area contributed by atoms with Gasteiger partial charge in [-0.05, 0) is 19.1 Å². The van der Waals surface area contributed by atoms with E-state index >= 15 is 0 Å². The van der Waals surface area contributed by atoms with Crippen LogP contribution in [0.1, 0.15) is 6.92 Å². The average molecular weight is 324 g/mol. The highest BCUT2D eigenvalue weighted by molar-refractivity contribution is 9.10. The first-order valence-corrected chi connectivity index (χ1v) is 6.63. The van der Waals surface area contributed by atoms with Gasteiger partial charge in [0.2, 0.25) is 0 Å². The fourth-order valence-electron chi connectivity index (χ4n) is 1.62. The molecule has 5 nitrogen and oxygen atoms in total. The summed E-state index contributed by atoms with van der Waals surface area (Å²) in [6.45, 7) is 2.10. The number of hydrogen-bond acceptors (Lipinski definition) is 3. The van der Waals surface area contributed by atoms with Crippen LogP contribution in [0.25, 0.3) is 11.3 Å². The standard InChI is InChI=1S/C13H14BrN3O2/c1-3-19-13(18)15-12-8-11(16-17(12)2)9-4-6-10(14)7-5-9/h4-8H,3H2,1-2H3,(H,15,18). The van der Waals surface area contributed by atoms with Crippen LogP contribution in [0.3, 0.4) is 0 Å². The van der Waals surface area contributed by atoms with Crippen LogP contribution in [0.2, 0.25) is 0 Å². The molecule has 0 aliphatic carbocycles. The molecular weight excluding hydrogens is 310 g/mol. The van der Waals surface area contributed by atoms with E-state index in [2.05, 4.69) is 26.3 Å². The topological polar surface area (TPSA) is 56.1 Å². The van der Waals surface area contributed by atoms with Crippen LogP contribution in [-0.2, 0) is 11.8 Å². The molecule has 0 aliphatic heterocycles. The first-order valence-electron chi connectivity index (χ1n) is 5.84. The van der Waals surface area contributed by atoms with Crippen molar-refractivity contribution in [2.75, 3.05) is 11.9 Å². The van der Waals surface area contributed by atoms with Crippen molar-refractivity contribution >= 4 is 27.8 Å².